The number of Topliss-reactive ketones (excluding diaryl/α,β-unsaturated/α-hetero) is 2. The Morgan fingerprint density at radius 1 is 1.06 bits per heavy atom. The molecule has 1 aliphatic rings. The lowest BCUT2D eigenvalue weighted by Crippen LogP contribution is -2.50. The van der Waals surface area contributed by atoms with Crippen molar-refractivity contribution in [2.45, 2.75) is 43.9 Å². The SMILES string of the molecule is COc1ccc(CC(CC(=O)C(CO)N(C)C)C(=O)NC(Cc2ccccc2)C(=O)C2(C)CO2)cc1. The Labute approximate surface area is 212 Å². The standard InChI is InChI=1S/C28H36N2O6/c1-28(18-36-28)26(33)23(15-19-8-6-5-7-9-19)29-27(34)21(16-25(32)24(17-31)30(2)3)14-20-10-12-22(35-4)13-11-20/h5-13,21,23-24,31H,14-18H2,1-4H3,(H,29,34). The molecule has 0 aromatic heterocycles. The monoisotopic (exact) mass is 496 g/mol. The third-order valence-corrected chi connectivity index (χ3v) is 6.64. The summed E-state index contributed by atoms with van der Waals surface area (Å²) >= 11 is 0. The van der Waals surface area contributed by atoms with Gasteiger partial charge in [-0.1, -0.05) is 42.5 Å². The van der Waals surface area contributed by atoms with Crippen LogP contribution in [0.25, 0.3) is 0 Å². The molecule has 8 heteroatoms. The molecule has 3 rings (SSSR count). The average molecular weight is 497 g/mol. The number of rotatable bonds is 14. The molecule has 194 valence electrons. The molecule has 2 aromatic rings. The minimum atomic E-state index is -0.902. The van der Waals surface area contributed by atoms with Gasteiger partial charge in [0.25, 0.3) is 0 Å². The highest BCUT2D eigenvalue weighted by Crippen LogP contribution is 2.29. The van der Waals surface area contributed by atoms with E-state index >= 15 is 0 Å². The number of carbonyl (C=O) groups excluding carboxylic acids is 3. The minimum Gasteiger partial charge on any atom is -0.497 e. The first-order chi connectivity index (χ1) is 17.2. The number of likely N-dealkylation sites (N-methyl/N-ethyl adjacent to an activating group) is 1. The van der Waals surface area contributed by atoms with Crippen LogP contribution in [0.1, 0.15) is 24.5 Å². The maximum atomic E-state index is 13.6. The molecule has 1 fully saturated rings. The summed E-state index contributed by atoms with van der Waals surface area (Å²) in [4.78, 5) is 41.5. The summed E-state index contributed by atoms with van der Waals surface area (Å²) in [5.74, 6) is -0.836. The second kappa shape index (κ2) is 12.3. The lowest BCUT2D eigenvalue weighted by molar-refractivity contribution is -0.134. The molecular weight excluding hydrogens is 460 g/mol. The van der Waals surface area contributed by atoms with Gasteiger partial charge >= 0.3 is 0 Å². The Morgan fingerprint density at radius 3 is 2.19 bits per heavy atom. The topological polar surface area (TPSA) is 108 Å². The lowest BCUT2D eigenvalue weighted by atomic mass is 9.89. The second-order valence-electron chi connectivity index (χ2n) is 9.72. The normalized spacial score (nSPS) is 19.3. The maximum Gasteiger partial charge on any atom is 0.224 e. The largest absolute Gasteiger partial charge is 0.497 e. The number of hydrogen-bond acceptors (Lipinski definition) is 7. The molecule has 2 aromatic carbocycles. The van der Waals surface area contributed by atoms with Gasteiger partial charge in [-0.15, -0.1) is 0 Å². The van der Waals surface area contributed by atoms with E-state index in [2.05, 4.69) is 5.32 Å². The third-order valence-electron chi connectivity index (χ3n) is 6.64. The summed E-state index contributed by atoms with van der Waals surface area (Å²) < 4.78 is 10.6. The number of aliphatic hydroxyl groups is 1. The van der Waals surface area contributed by atoms with E-state index in [1.165, 1.54) is 0 Å². The first kappa shape index (κ1) is 27.5. The van der Waals surface area contributed by atoms with Gasteiger partial charge in [0.2, 0.25) is 5.91 Å². The van der Waals surface area contributed by atoms with Crippen molar-refractivity contribution in [3.05, 3.63) is 65.7 Å². The van der Waals surface area contributed by atoms with Crippen LogP contribution >= 0.6 is 0 Å². The van der Waals surface area contributed by atoms with Crippen LogP contribution in [0.4, 0.5) is 0 Å². The number of carbonyl (C=O) groups is 3. The van der Waals surface area contributed by atoms with Crippen LogP contribution in [0, 0.1) is 5.92 Å². The minimum absolute atomic E-state index is 0.0682. The van der Waals surface area contributed by atoms with Crippen LogP contribution < -0.4 is 10.1 Å². The zero-order chi connectivity index (χ0) is 26.3. The molecule has 0 aliphatic carbocycles. The van der Waals surface area contributed by atoms with Gasteiger partial charge in [-0.05, 0) is 57.1 Å². The van der Waals surface area contributed by atoms with Crippen molar-refractivity contribution in [1.29, 1.82) is 0 Å². The first-order valence-electron chi connectivity index (χ1n) is 12.1. The fourth-order valence-electron chi connectivity index (χ4n) is 4.20. The number of benzene rings is 2. The lowest BCUT2D eigenvalue weighted by Gasteiger charge is -2.26. The fraction of sp³-hybridized carbons (Fsp3) is 0.464. The Bertz CT molecular complexity index is 1030. The number of nitrogens with one attached hydrogen (secondary N) is 1. The number of epoxide rings is 1. The van der Waals surface area contributed by atoms with Crippen LogP contribution in [-0.2, 0) is 32.0 Å². The zero-order valence-corrected chi connectivity index (χ0v) is 21.4. The van der Waals surface area contributed by atoms with Crippen molar-refractivity contribution in [2.24, 2.45) is 5.92 Å². The molecule has 8 nitrogen and oxygen atoms in total. The smallest absolute Gasteiger partial charge is 0.224 e. The van der Waals surface area contributed by atoms with Gasteiger partial charge in [0, 0.05) is 12.3 Å². The summed E-state index contributed by atoms with van der Waals surface area (Å²) in [6.07, 6.45) is 0.555. The third kappa shape index (κ3) is 7.22. The number of nitrogens with zero attached hydrogens (tertiary/aromatic N) is 1. The Morgan fingerprint density at radius 2 is 1.67 bits per heavy atom. The summed E-state index contributed by atoms with van der Waals surface area (Å²) in [6, 6.07) is 15.3. The van der Waals surface area contributed by atoms with E-state index in [9.17, 15) is 19.5 Å². The number of methoxy groups -OCH3 is 1. The molecule has 0 spiro atoms. The van der Waals surface area contributed by atoms with Crippen molar-refractivity contribution in [1.82, 2.24) is 10.2 Å². The van der Waals surface area contributed by atoms with E-state index in [4.69, 9.17) is 9.47 Å². The molecule has 36 heavy (non-hydrogen) atoms. The summed E-state index contributed by atoms with van der Waals surface area (Å²) in [5.41, 5.74) is 0.870. The maximum absolute atomic E-state index is 13.6. The summed E-state index contributed by atoms with van der Waals surface area (Å²) in [7, 11) is 5.00. The van der Waals surface area contributed by atoms with Crippen molar-refractivity contribution in [2.75, 3.05) is 34.4 Å². The van der Waals surface area contributed by atoms with Gasteiger partial charge in [-0.3, -0.25) is 19.3 Å². The molecule has 2 N–H and O–H groups in total. The molecule has 0 bridgehead atoms. The number of hydrogen-bond donors (Lipinski definition) is 2. The highest BCUT2D eigenvalue weighted by Gasteiger charge is 2.50. The molecule has 0 radical (unpaired) electrons. The van der Waals surface area contributed by atoms with E-state index in [-0.39, 0.29) is 30.5 Å². The quantitative estimate of drug-likeness (QED) is 0.384. The molecule has 1 saturated heterocycles. The predicted molar refractivity (Wildman–Crippen MR) is 136 cm³/mol. The summed E-state index contributed by atoms with van der Waals surface area (Å²) in [5, 5.41) is 12.6. The molecule has 0 saturated carbocycles. The van der Waals surface area contributed by atoms with Gasteiger partial charge in [-0.25, -0.2) is 0 Å². The summed E-state index contributed by atoms with van der Waals surface area (Å²) in [6.45, 7) is 1.70. The van der Waals surface area contributed by atoms with Gasteiger partial charge in [0.15, 0.2) is 11.6 Å². The Balaban J connectivity index is 1.83. The average Bonchev–Trinajstić information content (AvgIpc) is 3.62. The van der Waals surface area contributed by atoms with Crippen LogP contribution in [0.3, 0.4) is 0 Å². The molecule has 1 heterocycles. The second-order valence-corrected chi connectivity index (χ2v) is 9.72. The molecule has 4 unspecified atom stereocenters. The molecule has 1 amide bonds. The van der Waals surface area contributed by atoms with Crippen LogP contribution in [0.15, 0.2) is 54.6 Å². The van der Waals surface area contributed by atoms with Gasteiger partial charge in [-0.2, -0.15) is 0 Å². The molecule has 1 aliphatic heterocycles. The number of amides is 1. The van der Waals surface area contributed by atoms with E-state index in [0.717, 1.165) is 11.1 Å². The number of aliphatic hydroxyl groups excluding tert-OH is 1. The highest BCUT2D eigenvalue weighted by molar-refractivity contribution is 5.98. The Hall–Kier alpha value is -3.07. The molecular formula is C28H36N2O6. The van der Waals surface area contributed by atoms with E-state index in [0.29, 0.717) is 25.2 Å². The van der Waals surface area contributed by atoms with E-state index in [1.807, 2.05) is 42.5 Å². The predicted octanol–water partition coefficient (Wildman–Crippen LogP) is 1.82. The van der Waals surface area contributed by atoms with Gasteiger partial charge in [0.1, 0.15) is 11.4 Å². The van der Waals surface area contributed by atoms with Gasteiger partial charge in [0.05, 0.1) is 32.4 Å². The van der Waals surface area contributed by atoms with E-state index in [1.54, 1.807) is 45.2 Å². The van der Waals surface area contributed by atoms with Crippen molar-refractivity contribution < 1.29 is 29.0 Å². The van der Waals surface area contributed by atoms with Crippen molar-refractivity contribution in [3.63, 3.8) is 0 Å². The Kier molecular flexibility index (Phi) is 9.37. The number of ether oxygens (including phenoxy) is 2. The number of ketones is 2. The van der Waals surface area contributed by atoms with Crippen molar-refractivity contribution >= 4 is 17.5 Å². The highest BCUT2D eigenvalue weighted by atomic mass is 16.6. The fourth-order valence-corrected chi connectivity index (χ4v) is 4.20. The van der Waals surface area contributed by atoms with Crippen LogP contribution in [0.2, 0.25) is 0 Å². The van der Waals surface area contributed by atoms with E-state index < -0.39 is 23.6 Å². The first-order valence-corrected chi connectivity index (χ1v) is 12.1. The van der Waals surface area contributed by atoms with Crippen LogP contribution in [-0.4, -0.2) is 79.6 Å². The zero-order valence-electron chi connectivity index (χ0n) is 21.4. The van der Waals surface area contributed by atoms with Gasteiger partial charge < -0.3 is 19.9 Å². The van der Waals surface area contributed by atoms with Crippen LogP contribution in [0.5, 0.6) is 5.75 Å². The van der Waals surface area contributed by atoms with Crippen molar-refractivity contribution in [3.8, 4) is 5.75 Å². The molecule has 4 atom stereocenters.